The number of carbonyl (C=O) groups is 2. The summed E-state index contributed by atoms with van der Waals surface area (Å²) < 4.78 is 5.05. The predicted octanol–water partition coefficient (Wildman–Crippen LogP) is 0.692. The minimum absolute atomic E-state index is 0.0164. The number of nitrogens with one attached hydrogen (secondary N) is 1. The first kappa shape index (κ1) is 12.2. The van der Waals surface area contributed by atoms with Crippen molar-refractivity contribution in [2.24, 2.45) is 5.92 Å². The Morgan fingerprint density at radius 3 is 2.95 bits per heavy atom. The molecule has 0 radical (unpaired) electrons. The van der Waals surface area contributed by atoms with E-state index >= 15 is 0 Å². The van der Waals surface area contributed by atoms with E-state index < -0.39 is 5.54 Å². The number of rotatable bonds is 3. The van der Waals surface area contributed by atoms with Gasteiger partial charge in [0.15, 0.2) is 5.76 Å². The molecule has 0 bridgehead atoms. The Labute approximate surface area is 111 Å². The van der Waals surface area contributed by atoms with Gasteiger partial charge in [-0.3, -0.25) is 9.59 Å². The molecule has 3 rings (SSSR count). The van der Waals surface area contributed by atoms with Crippen LogP contribution in [-0.2, 0) is 16.1 Å². The molecule has 1 saturated heterocycles. The van der Waals surface area contributed by atoms with Crippen molar-refractivity contribution < 1.29 is 14.1 Å². The van der Waals surface area contributed by atoms with E-state index in [1.807, 2.05) is 6.92 Å². The molecule has 6 nitrogen and oxygen atoms in total. The van der Waals surface area contributed by atoms with Gasteiger partial charge < -0.3 is 14.7 Å². The standard InChI is InChI=1S/C13H17N3O3/c1-13(9-2-3-9)12(18)16(7-5-11(17)15-13)8-10-4-6-14-19-10/h4,6,9H,2-3,5,7-8H2,1H3,(H,15,17). The van der Waals surface area contributed by atoms with Crippen LogP contribution in [0.15, 0.2) is 16.8 Å². The van der Waals surface area contributed by atoms with Gasteiger partial charge in [0.1, 0.15) is 5.54 Å². The summed E-state index contributed by atoms with van der Waals surface area (Å²) in [5, 5.41) is 6.54. The van der Waals surface area contributed by atoms with Crippen LogP contribution >= 0.6 is 0 Å². The Balaban J connectivity index is 1.83. The predicted molar refractivity (Wildman–Crippen MR) is 65.8 cm³/mol. The summed E-state index contributed by atoms with van der Waals surface area (Å²) in [4.78, 5) is 26.2. The molecule has 2 fully saturated rings. The third-order valence-electron chi connectivity index (χ3n) is 3.97. The van der Waals surface area contributed by atoms with Crippen molar-refractivity contribution in [2.45, 2.75) is 38.3 Å². The second kappa shape index (κ2) is 4.36. The number of carbonyl (C=O) groups excluding carboxylic acids is 2. The SMILES string of the molecule is CC1(C2CC2)NC(=O)CCN(Cc2ccno2)C1=O. The average molecular weight is 263 g/mol. The van der Waals surface area contributed by atoms with Crippen molar-refractivity contribution in [1.29, 1.82) is 0 Å². The zero-order valence-corrected chi connectivity index (χ0v) is 10.9. The van der Waals surface area contributed by atoms with Gasteiger partial charge in [-0.05, 0) is 25.7 Å². The summed E-state index contributed by atoms with van der Waals surface area (Å²) >= 11 is 0. The molecule has 1 aromatic heterocycles. The minimum atomic E-state index is -0.756. The number of nitrogens with zero attached hydrogens (tertiary/aromatic N) is 2. The number of amides is 2. The van der Waals surface area contributed by atoms with Crippen molar-refractivity contribution in [2.75, 3.05) is 6.54 Å². The maximum atomic E-state index is 12.7. The lowest BCUT2D eigenvalue weighted by molar-refractivity contribution is -0.139. The van der Waals surface area contributed by atoms with Gasteiger partial charge in [-0.15, -0.1) is 0 Å². The summed E-state index contributed by atoms with van der Waals surface area (Å²) in [6.07, 6.45) is 3.89. The van der Waals surface area contributed by atoms with E-state index in [2.05, 4.69) is 10.5 Å². The molecule has 2 amide bonds. The first-order valence-electron chi connectivity index (χ1n) is 6.59. The van der Waals surface area contributed by atoms with Crippen LogP contribution in [0.4, 0.5) is 0 Å². The van der Waals surface area contributed by atoms with Gasteiger partial charge in [0, 0.05) is 19.0 Å². The minimum Gasteiger partial charge on any atom is -0.360 e. The van der Waals surface area contributed by atoms with E-state index in [1.165, 1.54) is 0 Å². The molecule has 1 N–H and O–H groups in total. The molecule has 1 aliphatic carbocycles. The van der Waals surface area contributed by atoms with E-state index in [1.54, 1.807) is 17.2 Å². The van der Waals surface area contributed by atoms with Crippen LogP contribution in [0.1, 0.15) is 31.9 Å². The van der Waals surface area contributed by atoms with Crippen LogP contribution in [-0.4, -0.2) is 34.0 Å². The summed E-state index contributed by atoms with van der Waals surface area (Å²) in [6, 6.07) is 1.74. The summed E-state index contributed by atoms with van der Waals surface area (Å²) in [7, 11) is 0. The molecule has 6 heteroatoms. The monoisotopic (exact) mass is 263 g/mol. The van der Waals surface area contributed by atoms with Crippen LogP contribution in [0.25, 0.3) is 0 Å². The lowest BCUT2D eigenvalue weighted by atomic mass is 9.94. The Bertz CT molecular complexity index is 495. The third kappa shape index (κ3) is 2.22. The highest BCUT2D eigenvalue weighted by Gasteiger charge is 2.51. The van der Waals surface area contributed by atoms with Crippen LogP contribution < -0.4 is 5.32 Å². The van der Waals surface area contributed by atoms with Gasteiger partial charge in [-0.25, -0.2) is 0 Å². The van der Waals surface area contributed by atoms with Crippen molar-refractivity contribution in [3.05, 3.63) is 18.0 Å². The van der Waals surface area contributed by atoms with E-state index in [-0.39, 0.29) is 17.7 Å². The fraction of sp³-hybridized carbons (Fsp3) is 0.615. The first-order valence-corrected chi connectivity index (χ1v) is 6.59. The lowest BCUT2D eigenvalue weighted by Crippen LogP contribution is -2.56. The highest BCUT2D eigenvalue weighted by molar-refractivity contribution is 5.93. The Kier molecular flexibility index (Phi) is 2.80. The van der Waals surface area contributed by atoms with Crippen LogP contribution in [0.5, 0.6) is 0 Å². The number of aromatic nitrogens is 1. The van der Waals surface area contributed by atoms with E-state index in [0.29, 0.717) is 25.3 Å². The molecule has 1 unspecified atom stereocenters. The fourth-order valence-electron chi connectivity index (χ4n) is 2.67. The highest BCUT2D eigenvalue weighted by Crippen LogP contribution is 2.41. The van der Waals surface area contributed by atoms with E-state index in [4.69, 9.17) is 4.52 Å². The third-order valence-corrected chi connectivity index (χ3v) is 3.97. The molecular formula is C13H17N3O3. The molecule has 19 heavy (non-hydrogen) atoms. The smallest absolute Gasteiger partial charge is 0.248 e. The average Bonchev–Trinajstić information content (AvgIpc) is 3.13. The Morgan fingerprint density at radius 2 is 2.32 bits per heavy atom. The maximum Gasteiger partial charge on any atom is 0.248 e. The lowest BCUT2D eigenvalue weighted by Gasteiger charge is -2.31. The van der Waals surface area contributed by atoms with E-state index in [0.717, 1.165) is 12.8 Å². The zero-order chi connectivity index (χ0) is 13.5. The van der Waals surface area contributed by atoms with Gasteiger partial charge in [0.2, 0.25) is 11.8 Å². The molecule has 1 saturated carbocycles. The molecule has 2 heterocycles. The summed E-state index contributed by atoms with van der Waals surface area (Å²) in [5.74, 6) is 0.834. The van der Waals surface area contributed by atoms with Gasteiger partial charge >= 0.3 is 0 Å². The van der Waals surface area contributed by atoms with Gasteiger partial charge in [0.05, 0.1) is 12.7 Å². The van der Waals surface area contributed by atoms with Gasteiger partial charge in [0.25, 0.3) is 0 Å². The van der Waals surface area contributed by atoms with E-state index in [9.17, 15) is 9.59 Å². The Hall–Kier alpha value is -1.85. The fourth-order valence-corrected chi connectivity index (χ4v) is 2.67. The molecule has 0 aromatic carbocycles. The molecule has 1 atom stereocenters. The molecule has 2 aliphatic rings. The summed E-state index contributed by atoms with van der Waals surface area (Å²) in [5.41, 5.74) is -0.756. The molecule has 0 spiro atoms. The van der Waals surface area contributed by atoms with Crippen molar-refractivity contribution in [1.82, 2.24) is 15.4 Å². The van der Waals surface area contributed by atoms with Crippen molar-refractivity contribution in [3.63, 3.8) is 0 Å². The number of hydrogen-bond donors (Lipinski definition) is 1. The second-order valence-corrected chi connectivity index (χ2v) is 5.48. The topological polar surface area (TPSA) is 75.4 Å². The maximum absolute atomic E-state index is 12.7. The second-order valence-electron chi connectivity index (χ2n) is 5.48. The largest absolute Gasteiger partial charge is 0.360 e. The molecular weight excluding hydrogens is 246 g/mol. The van der Waals surface area contributed by atoms with Crippen LogP contribution in [0.3, 0.4) is 0 Å². The van der Waals surface area contributed by atoms with Crippen LogP contribution in [0, 0.1) is 5.92 Å². The van der Waals surface area contributed by atoms with Crippen LogP contribution in [0.2, 0.25) is 0 Å². The zero-order valence-electron chi connectivity index (χ0n) is 10.9. The quantitative estimate of drug-likeness (QED) is 0.870. The highest BCUT2D eigenvalue weighted by atomic mass is 16.5. The van der Waals surface area contributed by atoms with Gasteiger partial charge in [-0.2, -0.15) is 0 Å². The molecule has 1 aromatic rings. The van der Waals surface area contributed by atoms with Crippen molar-refractivity contribution >= 4 is 11.8 Å². The van der Waals surface area contributed by atoms with Crippen molar-refractivity contribution in [3.8, 4) is 0 Å². The summed E-state index contributed by atoms with van der Waals surface area (Å²) in [6.45, 7) is 2.63. The first-order chi connectivity index (χ1) is 9.09. The number of hydrogen-bond acceptors (Lipinski definition) is 4. The molecule has 102 valence electrons. The Morgan fingerprint density at radius 1 is 1.53 bits per heavy atom. The van der Waals surface area contributed by atoms with Gasteiger partial charge in [-0.1, -0.05) is 5.16 Å². The normalized spacial score (nSPS) is 28.2. The molecule has 1 aliphatic heterocycles.